The Morgan fingerprint density at radius 2 is 1.55 bits per heavy atom. The van der Waals surface area contributed by atoms with Gasteiger partial charge in [0.25, 0.3) is 0 Å². The van der Waals surface area contributed by atoms with Crippen LogP contribution in [0.5, 0.6) is 0 Å². The molecule has 0 N–H and O–H groups in total. The zero-order chi connectivity index (χ0) is 19.9. The number of hydrogen-bond donors (Lipinski definition) is 0. The second kappa shape index (κ2) is 11.0. The molecule has 0 radical (unpaired) electrons. The summed E-state index contributed by atoms with van der Waals surface area (Å²) in [5.41, 5.74) is 8.84. The molecule has 1 nitrogen and oxygen atoms in total. The average molecular weight is 389 g/mol. The van der Waals surface area contributed by atoms with Gasteiger partial charge in [0.2, 0.25) is 0 Å². The number of carbonyl (C=O) groups is 1. The van der Waals surface area contributed by atoms with E-state index in [1.807, 2.05) is 6.79 Å². The standard InChI is InChI=1S/C26H30.CH2O.CH4/c1-19(22-16-15-21-10-5-6-12-24(21)17-22)9-3-4-11-23-18-25-13-7-8-14-26(25)20(23)2;1-2;/h5-8,10,12-14,22-23H,1-4,9,11,15-18H2;1H2;1H4. The molecule has 2 unspecified atom stereocenters. The SMILES string of the molecule is C.C=C(CCCCC1Cc2ccccc2C1=C)C1CCc2ccccc2C1.C=O. The van der Waals surface area contributed by atoms with E-state index in [9.17, 15) is 0 Å². The minimum atomic E-state index is 0. The van der Waals surface area contributed by atoms with Crippen molar-refractivity contribution in [2.24, 2.45) is 11.8 Å². The van der Waals surface area contributed by atoms with Gasteiger partial charge < -0.3 is 4.79 Å². The minimum absolute atomic E-state index is 0. The van der Waals surface area contributed by atoms with Crippen LogP contribution in [0, 0.1) is 11.8 Å². The van der Waals surface area contributed by atoms with Crippen molar-refractivity contribution in [3.8, 4) is 0 Å². The molecule has 0 fully saturated rings. The number of hydrogen-bond acceptors (Lipinski definition) is 1. The molecule has 2 aromatic carbocycles. The van der Waals surface area contributed by atoms with E-state index in [-0.39, 0.29) is 7.43 Å². The van der Waals surface area contributed by atoms with Crippen LogP contribution in [0.3, 0.4) is 0 Å². The summed E-state index contributed by atoms with van der Waals surface area (Å²) >= 11 is 0. The maximum Gasteiger partial charge on any atom is 0.106 e. The third-order valence-electron chi connectivity index (χ3n) is 6.55. The molecule has 0 saturated heterocycles. The van der Waals surface area contributed by atoms with Crippen LogP contribution in [0.4, 0.5) is 0 Å². The van der Waals surface area contributed by atoms with E-state index >= 15 is 0 Å². The zero-order valence-corrected chi connectivity index (χ0v) is 17.0. The average Bonchev–Trinajstić information content (AvgIpc) is 3.08. The quantitative estimate of drug-likeness (QED) is 0.376. The summed E-state index contributed by atoms with van der Waals surface area (Å²) in [6.07, 6.45) is 9.92. The van der Waals surface area contributed by atoms with Crippen molar-refractivity contribution in [2.75, 3.05) is 0 Å². The smallest absolute Gasteiger partial charge is 0.106 e. The zero-order valence-electron chi connectivity index (χ0n) is 17.0. The Morgan fingerprint density at radius 1 is 0.897 bits per heavy atom. The highest BCUT2D eigenvalue weighted by Crippen LogP contribution is 2.39. The number of carbonyl (C=O) groups excluding carboxylic acids is 1. The van der Waals surface area contributed by atoms with Crippen LogP contribution in [0.25, 0.3) is 5.57 Å². The van der Waals surface area contributed by atoms with Crippen LogP contribution in [-0.4, -0.2) is 6.79 Å². The molecule has 2 aromatic rings. The van der Waals surface area contributed by atoms with E-state index in [1.165, 1.54) is 73.6 Å². The fourth-order valence-corrected chi connectivity index (χ4v) is 4.89. The predicted molar refractivity (Wildman–Crippen MR) is 126 cm³/mol. The van der Waals surface area contributed by atoms with Gasteiger partial charge in [0, 0.05) is 0 Å². The largest absolute Gasteiger partial charge is 0.307 e. The van der Waals surface area contributed by atoms with Gasteiger partial charge in [0.05, 0.1) is 0 Å². The Bertz CT molecular complexity index is 832. The molecule has 0 aliphatic heterocycles. The summed E-state index contributed by atoms with van der Waals surface area (Å²) in [5, 5.41) is 0. The lowest BCUT2D eigenvalue weighted by molar-refractivity contribution is -0.0979. The monoisotopic (exact) mass is 388 g/mol. The van der Waals surface area contributed by atoms with Gasteiger partial charge in [0.1, 0.15) is 6.79 Å². The van der Waals surface area contributed by atoms with E-state index in [1.54, 1.807) is 11.1 Å². The number of allylic oxidation sites excluding steroid dienone is 2. The van der Waals surface area contributed by atoms with Gasteiger partial charge in [-0.15, -0.1) is 0 Å². The maximum atomic E-state index is 8.00. The van der Waals surface area contributed by atoms with Gasteiger partial charge >= 0.3 is 0 Å². The van der Waals surface area contributed by atoms with Gasteiger partial charge in [0.15, 0.2) is 0 Å². The number of unbranched alkanes of at least 4 members (excludes halogenated alkanes) is 1. The summed E-state index contributed by atoms with van der Waals surface area (Å²) in [7, 11) is 0. The molecular weight excluding hydrogens is 352 g/mol. The van der Waals surface area contributed by atoms with Crippen LogP contribution >= 0.6 is 0 Å². The summed E-state index contributed by atoms with van der Waals surface area (Å²) in [6.45, 7) is 10.8. The first-order valence-corrected chi connectivity index (χ1v) is 10.5. The Balaban J connectivity index is 0.000000970. The summed E-state index contributed by atoms with van der Waals surface area (Å²) in [6, 6.07) is 17.7. The van der Waals surface area contributed by atoms with E-state index in [0.29, 0.717) is 11.8 Å². The molecule has 4 rings (SSSR count). The van der Waals surface area contributed by atoms with Crippen molar-refractivity contribution in [1.82, 2.24) is 0 Å². The van der Waals surface area contributed by atoms with Gasteiger partial charge in [-0.25, -0.2) is 0 Å². The number of benzene rings is 2. The molecule has 29 heavy (non-hydrogen) atoms. The van der Waals surface area contributed by atoms with Crippen molar-refractivity contribution in [2.45, 2.75) is 58.8 Å². The van der Waals surface area contributed by atoms with Crippen molar-refractivity contribution >= 4 is 12.4 Å². The molecule has 1 heteroatoms. The summed E-state index contributed by atoms with van der Waals surface area (Å²) in [5.74, 6) is 1.35. The van der Waals surface area contributed by atoms with Gasteiger partial charge in [-0.05, 0) is 84.6 Å². The second-order valence-electron chi connectivity index (χ2n) is 8.20. The minimum Gasteiger partial charge on any atom is -0.307 e. The topological polar surface area (TPSA) is 17.1 Å². The first-order valence-electron chi connectivity index (χ1n) is 10.5. The molecule has 2 aliphatic rings. The van der Waals surface area contributed by atoms with E-state index in [2.05, 4.69) is 61.7 Å². The van der Waals surface area contributed by atoms with Crippen molar-refractivity contribution in [1.29, 1.82) is 0 Å². The van der Waals surface area contributed by atoms with Gasteiger partial charge in [-0.3, -0.25) is 0 Å². The fraction of sp³-hybridized carbons (Fsp3) is 0.393. The molecule has 0 aromatic heterocycles. The second-order valence-corrected chi connectivity index (χ2v) is 8.20. The Hall–Kier alpha value is -2.41. The molecule has 0 amide bonds. The third kappa shape index (κ3) is 5.35. The van der Waals surface area contributed by atoms with Crippen LogP contribution in [0.2, 0.25) is 0 Å². The van der Waals surface area contributed by atoms with Gasteiger partial charge in [-0.2, -0.15) is 0 Å². The van der Waals surface area contributed by atoms with Crippen molar-refractivity contribution < 1.29 is 4.79 Å². The van der Waals surface area contributed by atoms with E-state index < -0.39 is 0 Å². The summed E-state index contributed by atoms with van der Waals surface area (Å²) < 4.78 is 0. The Kier molecular flexibility index (Phi) is 8.64. The van der Waals surface area contributed by atoms with Crippen LogP contribution in [-0.2, 0) is 24.1 Å². The third-order valence-corrected chi connectivity index (χ3v) is 6.55. The maximum absolute atomic E-state index is 8.00. The lowest BCUT2D eigenvalue weighted by Gasteiger charge is -2.26. The number of aryl methyl sites for hydroxylation is 1. The molecule has 2 atom stereocenters. The summed E-state index contributed by atoms with van der Waals surface area (Å²) in [4.78, 5) is 8.00. The molecule has 0 heterocycles. The predicted octanol–water partition coefficient (Wildman–Crippen LogP) is 7.25. The first kappa shape index (κ1) is 22.9. The van der Waals surface area contributed by atoms with Crippen LogP contribution < -0.4 is 0 Å². The number of fused-ring (bicyclic) bond motifs is 2. The van der Waals surface area contributed by atoms with Crippen LogP contribution in [0.1, 0.15) is 61.8 Å². The fourth-order valence-electron chi connectivity index (χ4n) is 4.89. The van der Waals surface area contributed by atoms with Crippen LogP contribution in [0.15, 0.2) is 67.3 Å². The molecule has 2 aliphatic carbocycles. The molecule has 154 valence electrons. The van der Waals surface area contributed by atoms with Crippen molar-refractivity contribution in [3.63, 3.8) is 0 Å². The molecular formula is C28H36O. The highest BCUT2D eigenvalue weighted by atomic mass is 16.1. The lowest BCUT2D eigenvalue weighted by Crippen LogP contribution is -2.15. The first-order chi connectivity index (χ1) is 13.7. The molecule has 0 bridgehead atoms. The highest BCUT2D eigenvalue weighted by molar-refractivity contribution is 5.72. The highest BCUT2D eigenvalue weighted by Gasteiger charge is 2.24. The van der Waals surface area contributed by atoms with E-state index in [0.717, 1.165) is 0 Å². The van der Waals surface area contributed by atoms with E-state index in [4.69, 9.17) is 4.79 Å². The lowest BCUT2D eigenvalue weighted by atomic mass is 9.79. The Labute approximate surface area is 177 Å². The van der Waals surface area contributed by atoms with Gasteiger partial charge in [-0.1, -0.05) is 81.1 Å². The Morgan fingerprint density at radius 3 is 2.28 bits per heavy atom. The molecule has 0 spiro atoms. The number of rotatable bonds is 6. The van der Waals surface area contributed by atoms with Crippen molar-refractivity contribution in [3.05, 3.63) is 89.5 Å². The normalized spacial score (nSPS) is 19.2. The molecule has 0 saturated carbocycles.